The number of benzene rings is 3. The van der Waals surface area contributed by atoms with Crippen LogP contribution in [-0.4, -0.2) is 43.4 Å². The Hall–Kier alpha value is -2.79. The highest BCUT2D eigenvalue weighted by molar-refractivity contribution is 7.89. The molecule has 0 unspecified atom stereocenters. The number of hydrogen-bond donors (Lipinski definition) is 5. The molecule has 8 nitrogen and oxygen atoms in total. The van der Waals surface area contributed by atoms with E-state index in [1.54, 1.807) is 24.3 Å². The van der Waals surface area contributed by atoms with Crippen LogP contribution in [0.1, 0.15) is 46.8 Å². The number of phenols is 1. The lowest BCUT2D eigenvalue weighted by Gasteiger charge is -2.14. The van der Waals surface area contributed by atoms with Gasteiger partial charge in [0.2, 0.25) is 10.0 Å². The fourth-order valence-corrected chi connectivity index (χ4v) is 4.59. The maximum absolute atomic E-state index is 11.5. The summed E-state index contributed by atoms with van der Waals surface area (Å²) in [4.78, 5) is 0.140. The molecule has 0 saturated carbocycles. The Labute approximate surface area is 218 Å². The van der Waals surface area contributed by atoms with Crippen LogP contribution in [0.3, 0.4) is 0 Å². The lowest BCUT2D eigenvalue weighted by atomic mass is 10.0. The summed E-state index contributed by atoms with van der Waals surface area (Å²) in [6, 6.07) is 19.7. The summed E-state index contributed by atoms with van der Waals surface area (Å²) >= 11 is 0. The molecule has 0 amide bonds. The lowest BCUT2D eigenvalue weighted by molar-refractivity contribution is 0.117. The fourth-order valence-electron chi connectivity index (χ4n) is 4.00. The quantitative estimate of drug-likeness (QED) is 0.191. The smallest absolute Gasteiger partial charge is 0.238 e. The van der Waals surface area contributed by atoms with Crippen LogP contribution in [0.2, 0.25) is 0 Å². The van der Waals surface area contributed by atoms with Crippen molar-refractivity contribution in [1.29, 1.82) is 0 Å². The SMILES string of the molecule is NS(=O)(=O)c1cccc(CCCCOCc2cccc(CCNC[C@H](O)c3ccc(O)c(CO)c3)c2)c1. The average molecular weight is 529 g/mol. The van der Waals surface area contributed by atoms with E-state index in [-0.39, 0.29) is 17.3 Å². The molecule has 9 heteroatoms. The van der Waals surface area contributed by atoms with Crippen LogP contribution in [-0.2, 0) is 40.8 Å². The highest BCUT2D eigenvalue weighted by Crippen LogP contribution is 2.22. The van der Waals surface area contributed by atoms with E-state index in [1.807, 2.05) is 18.2 Å². The molecule has 0 spiro atoms. The van der Waals surface area contributed by atoms with Gasteiger partial charge in [0.15, 0.2) is 0 Å². The number of nitrogens with one attached hydrogen (secondary N) is 1. The van der Waals surface area contributed by atoms with Gasteiger partial charge in [-0.25, -0.2) is 13.6 Å². The number of aliphatic hydroxyl groups is 2. The Bertz CT molecular complexity index is 1250. The topological polar surface area (TPSA) is 142 Å². The molecule has 0 saturated heterocycles. The highest BCUT2D eigenvalue weighted by Gasteiger charge is 2.10. The second-order valence-corrected chi connectivity index (χ2v) is 10.6. The highest BCUT2D eigenvalue weighted by atomic mass is 32.2. The van der Waals surface area contributed by atoms with E-state index < -0.39 is 16.1 Å². The monoisotopic (exact) mass is 528 g/mol. The molecule has 0 aromatic heterocycles. The number of hydrogen-bond acceptors (Lipinski definition) is 7. The molecule has 200 valence electrons. The summed E-state index contributed by atoms with van der Waals surface area (Å²) in [5.41, 5.74) is 4.25. The van der Waals surface area contributed by atoms with Crippen molar-refractivity contribution in [1.82, 2.24) is 5.32 Å². The summed E-state index contributed by atoms with van der Waals surface area (Å²) in [5.74, 6) is 0.0170. The third-order valence-corrected chi connectivity index (χ3v) is 6.99. The number of aromatic hydroxyl groups is 1. The Morgan fingerprint density at radius 3 is 2.41 bits per heavy atom. The average Bonchev–Trinajstić information content (AvgIpc) is 2.88. The molecule has 0 aliphatic rings. The molecule has 3 aromatic carbocycles. The molecule has 0 aliphatic heterocycles. The first-order valence-corrected chi connectivity index (χ1v) is 13.9. The van der Waals surface area contributed by atoms with Crippen LogP contribution in [0.15, 0.2) is 71.6 Å². The van der Waals surface area contributed by atoms with Crippen molar-refractivity contribution in [3.8, 4) is 5.75 Å². The van der Waals surface area contributed by atoms with Crippen molar-refractivity contribution in [2.75, 3.05) is 19.7 Å². The summed E-state index contributed by atoms with van der Waals surface area (Å²) in [7, 11) is -3.68. The predicted octanol–water partition coefficient (Wildman–Crippen LogP) is 2.94. The van der Waals surface area contributed by atoms with Crippen LogP contribution < -0.4 is 10.5 Å². The summed E-state index contributed by atoms with van der Waals surface area (Å²) in [6.07, 6.45) is 2.58. The largest absolute Gasteiger partial charge is 0.508 e. The second kappa shape index (κ2) is 14.2. The van der Waals surface area contributed by atoms with Crippen molar-refractivity contribution >= 4 is 10.0 Å². The maximum atomic E-state index is 11.5. The number of rotatable bonds is 15. The Morgan fingerprint density at radius 1 is 0.919 bits per heavy atom. The van der Waals surface area contributed by atoms with Crippen LogP contribution in [0.4, 0.5) is 0 Å². The molecule has 0 fully saturated rings. The second-order valence-electron chi connectivity index (χ2n) is 9.04. The van der Waals surface area contributed by atoms with Crippen LogP contribution in [0.5, 0.6) is 5.75 Å². The minimum Gasteiger partial charge on any atom is -0.508 e. The molecule has 1 atom stereocenters. The van der Waals surface area contributed by atoms with Gasteiger partial charge in [-0.3, -0.25) is 0 Å². The number of ether oxygens (including phenoxy) is 1. The van der Waals surface area contributed by atoms with Crippen molar-refractivity contribution in [2.24, 2.45) is 5.14 Å². The zero-order valence-corrected chi connectivity index (χ0v) is 21.7. The van der Waals surface area contributed by atoms with Crippen molar-refractivity contribution < 1.29 is 28.5 Å². The van der Waals surface area contributed by atoms with Gasteiger partial charge >= 0.3 is 0 Å². The summed E-state index contributed by atoms with van der Waals surface area (Å²) in [6.45, 7) is 1.92. The van der Waals surface area contributed by atoms with Crippen molar-refractivity contribution in [3.05, 3.63) is 94.5 Å². The first-order valence-electron chi connectivity index (χ1n) is 12.3. The minimum absolute atomic E-state index is 0.0170. The van der Waals surface area contributed by atoms with Gasteiger partial charge in [0, 0.05) is 18.7 Å². The van der Waals surface area contributed by atoms with E-state index in [9.17, 15) is 23.7 Å². The van der Waals surface area contributed by atoms with E-state index >= 15 is 0 Å². The van der Waals surface area contributed by atoms with Crippen LogP contribution in [0.25, 0.3) is 0 Å². The molecular weight excluding hydrogens is 492 g/mol. The molecule has 0 heterocycles. The van der Waals surface area contributed by atoms with Crippen molar-refractivity contribution in [2.45, 2.75) is 49.9 Å². The minimum atomic E-state index is -3.68. The first-order chi connectivity index (χ1) is 17.8. The van der Waals surface area contributed by atoms with Gasteiger partial charge in [-0.2, -0.15) is 0 Å². The summed E-state index contributed by atoms with van der Waals surface area (Å²) in [5, 5.41) is 37.7. The fraction of sp³-hybridized carbons (Fsp3) is 0.357. The van der Waals surface area contributed by atoms with Gasteiger partial charge in [0.1, 0.15) is 5.75 Å². The maximum Gasteiger partial charge on any atom is 0.238 e. The van der Waals surface area contributed by atoms with Crippen molar-refractivity contribution in [3.63, 3.8) is 0 Å². The van der Waals surface area contributed by atoms with E-state index in [4.69, 9.17) is 9.88 Å². The lowest BCUT2D eigenvalue weighted by Crippen LogP contribution is -2.23. The molecule has 6 N–H and O–H groups in total. The predicted molar refractivity (Wildman–Crippen MR) is 142 cm³/mol. The molecule has 0 radical (unpaired) electrons. The van der Waals surface area contributed by atoms with Gasteiger partial charge in [-0.05, 0) is 78.7 Å². The third kappa shape index (κ3) is 9.55. The van der Waals surface area contributed by atoms with Crippen LogP contribution in [0, 0.1) is 0 Å². The number of nitrogens with two attached hydrogens (primary N) is 1. The van der Waals surface area contributed by atoms with Gasteiger partial charge < -0.3 is 25.4 Å². The molecule has 0 aliphatic carbocycles. The number of unbranched alkanes of at least 4 members (excludes halogenated alkanes) is 1. The summed E-state index contributed by atoms with van der Waals surface area (Å²) < 4.78 is 28.8. The van der Waals surface area contributed by atoms with Gasteiger partial charge in [-0.15, -0.1) is 0 Å². The Balaban J connectivity index is 1.33. The van der Waals surface area contributed by atoms with E-state index in [2.05, 4.69) is 17.4 Å². The number of sulfonamides is 1. The Morgan fingerprint density at radius 2 is 1.65 bits per heavy atom. The first kappa shape index (κ1) is 28.8. The standard InChI is InChI=1S/C28H36N2O6S/c29-37(34,35)26-9-4-7-21(16-26)5-1-2-14-36-20-23-8-3-6-22(15-23)12-13-30-18-28(33)24-10-11-27(32)25(17-24)19-31/h3-4,6-11,15-17,28,30-33H,1-2,5,12-14,18-20H2,(H2,29,34,35)/t28-/m0/s1. The molecular formula is C28H36N2O6S. The van der Waals surface area contributed by atoms with Crippen LogP contribution >= 0.6 is 0 Å². The number of primary sulfonamides is 1. The molecule has 0 bridgehead atoms. The van der Waals surface area contributed by atoms with E-state index in [1.165, 1.54) is 17.7 Å². The zero-order chi connectivity index (χ0) is 26.7. The van der Waals surface area contributed by atoms with Gasteiger partial charge in [0.25, 0.3) is 0 Å². The normalized spacial score (nSPS) is 12.5. The number of aryl methyl sites for hydroxylation is 1. The van der Waals surface area contributed by atoms with Gasteiger partial charge in [0.05, 0.1) is 24.2 Å². The molecule has 37 heavy (non-hydrogen) atoms. The Kier molecular flexibility index (Phi) is 11.1. The number of aliphatic hydroxyl groups excluding tert-OH is 2. The molecule has 3 aromatic rings. The molecule has 3 rings (SSSR count). The van der Waals surface area contributed by atoms with E-state index in [0.717, 1.165) is 36.8 Å². The van der Waals surface area contributed by atoms with E-state index in [0.29, 0.717) is 37.4 Å². The zero-order valence-electron chi connectivity index (χ0n) is 20.8. The van der Waals surface area contributed by atoms with Gasteiger partial charge in [-0.1, -0.05) is 42.5 Å². The third-order valence-electron chi connectivity index (χ3n) is 6.08.